The predicted molar refractivity (Wildman–Crippen MR) is 142 cm³/mol. The van der Waals surface area contributed by atoms with Crippen LogP contribution in [0.2, 0.25) is 0 Å². The van der Waals surface area contributed by atoms with Crippen molar-refractivity contribution in [3.63, 3.8) is 0 Å². The van der Waals surface area contributed by atoms with Gasteiger partial charge in [-0.2, -0.15) is 0 Å². The first-order valence-corrected chi connectivity index (χ1v) is 12.7. The molecule has 0 bridgehead atoms. The number of fused-ring (bicyclic) bond motifs is 2. The van der Waals surface area contributed by atoms with E-state index in [1.807, 2.05) is 49.5 Å². The van der Waals surface area contributed by atoms with E-state index in [1.54, 1.807) is 19.0 Å². The van der Waals surface area contributed by atoms with E-state index >= 15 is 0 Å². The Balaban J connectivity index is 1.29. The number of rotatable bonds is 7. The molecule has 7 heteroatoms. The van der Waals surface area contributed by atoms with Crippen LogP contribution in [0.3, 0.4) is 0 Å². The third-order valence-electron chi connectivity index (χ3n) is 7.75. The van der Waals surface area contributed by atoms with Gasteiger partial charge < -0.3 is 20.1 Å². The van der Waals surface area contributed by atoms with Crippen LogP contribution in [-0.2, 0) is 25.2 Å². The fourth-order valence-corrected chi connectivity index (χ4v) is 5.52. The molecule has 2 aliphatic rings. The van der Waals surface area contributed by atoms with Crippen LogP contribution in [0, 0.1) is 0 Å². The molecule has 3 aromatic rings. The van der Waals surface area contributed by atoms with Gasteiger partial charge in [-0.15, -0.1) is 0 Å². The Morgan fingerprint density at radius 3 is 2.22 bits per heavy atom. The molecule has 1 fully saturated rings. The molecular weight excluding hydrogens is 450 g/mol. The molecule has 2 amide bonds. The maximum absolute atomic E-state index is 13.1. The maximum Gasteiger partial charge on any atom is 0.268 e. The normalized spacial score (nSPS) is 16.2. The van der Waals surface area contributed by atoms with Crippen LogP contribution >= 0.6 is 0 Å². The van der Waals surface area contributed by atoms with Gasteiger partial charge in [-0.3, -0.25) is 14.5 Å². The monoisotopic (exact) mass is 485 g/mol. The van der Waals surface area contributed by atoms with Gasteiger partial charge in [-0.1, -0.05) is 24.3 Å². The summed E-state index contributed by atoms with van der Waals surface area (Å²) in [6.45, 7) is 3.03. The highest BCUT2D eigenvalue weighted by molar-refractivity contribution is 5.94. The average molecular weight is 486 g/mol. The van der Waals surface area contributed by atoms with Gasteiger partial charge in [0.05, 0.1) is 5.54 Å². The smallest absolute Gasteiger partial charge is 0.268 e. The number of anilines is 1. The number of nitrogens with zero attached hydrogens (tertiary/aromatic N) is 3. The van der Waals surface area contributed by atoms with Crippen LogP contribution in [-0.4, -0.2) is 53.9 Å². The van der Waals surface area contributed by atoms with Crippen molar-refractivity contribution < 1.29 is 9.59 Å². The second kappa shape index (κ2) is 9.82. The predicted octanol–water partition coefficient (Wildman–Crippen LogP) is 4.06. The second-order valence-electron chi connectivity index (χ2n) is 10.1. The summed E-state index contributed by atoms with van der Waals surface area (Å²) in [4.78, 5) is 29.5. The molecule has 1 saturated carbocycles. The lowest BCUT2D eigenvalue weighted by atomic mass is 9.71. The van der Waals surface area contributed by atoms with Gasteiger partial charge in [0.15, 0.2) is 0 Å². The van der Waals surface area contributed by atoms with Crippen LogP contribution in [0.15, 0.2) is 60.7 Å². The molecule has 2 N–H and O–H groups in total. The van der Waals surface area contributed by atoms with Crippen LogP contribution < -0.4 is 10.6 Å². The van der Waals surface area contributed by atoms with E-state index in [-0.39, 0.29) is 17.4 Å². The molecule has 1 aromatic heterocycles. The molecular formula is C29H35N5O2. The molecule has 2 aromatic carbocycles. The summed E-state index contributed by atoms with van der Waals surface area (Å²) in [5, 5.41) is 6.21. The van der Waals surface area contributed by atoms with Crippen LogP contribution in [0.4, 0.5) is 5.69 Å². The van der Waals surface area contributed by atoms with Gasteiger partial charge in [-0.25, -0.2) is 0 Å². The minimum Gasteiger partial charge on any atom is -0.388 e. The van der Waals surface area contributed by atoms with E-state index in [0.29, 0.717) is 12.1 Å². The largest absolute Gasteiger partial charge is 0.388 e. The summed E-state index contributed by atoms with van der Waals surface area (Å²) < 4.78 is 2.23. The number of hydrogen-bond donors (Lipinski definition) is 2. The first kappa shape index (κ1) is 24.1. The lowest BCUT2D eigenvalue weighted by Gasteiger charge is -2.53. The number of amides is 2. The molecule has 7 nitrogen and oxygen atoms in total. The first-order chi connectivity index (χ1) is 17.4. The molecule has 188 valence electrons. The lowest BCUT2D eigenvalue weighted by molar-refractivity contribution is -0.0217. The van der Waals surface area contributed by atoms with Crippen molar-refractivity contribution in [1.29, 1.82) is 0 Å². The molecule has 0 saturated heterocycles. The van der Waals surface area contributed by atoms with Crippen LogP contribution in [0.25, 0.3) is 0 Å². The topological polar surface area (TPSA) is 69.6 Å². The summed E-state index contributed by atoms with van der Waals surface area (Å²) in [7, 11) is 5.44. The molecule has 0 radical (unpaired) electrons. The Kier molecular flexibility index (Phi) is 6.58. The summed E-state index contributed by atoms with van der Waals surface area (Å²) in [6, 6.07) is 20.2. The molecule has 0 unspecified atom stereocenters. The van der Waals surface area contributed by atoms with Crippen molar-refractivity contribution in [2.45, 2.75) is 44.4 Å². The minimum atomic E-state index is -0.0250. The van der Waals surface area contributed by atoms with E-state index in [2.05, 4.69) is 38.3 Å². The molecule has 2 heterocycles. The average Bonchev–Trinajstić information content (AvgIpc) is 3.31. The second-order valence-corrected chi connectivity index (χ2v) is 10.1. The van der Waals surface area contributed by atoms with Crippen molar-refractivity contribution in [3.05, 3.63) is 88.7 Å². The highest BCUT2D eigenvalue weighted by Gasteiger charge is 2.48. The number of aromatic nitrogens is 1. The Labute approximate surface area is 213 Å². The summed E-state index contributed by atoms with van der Waals surface area (Å²) in [6.07, 6.45) is 3.41. The number of benzene rings is 2. The fraction of sp³-hybridized carbons (Fsp3) is 0.379. The van der Waals surface area contributed by atoms with Gasteiger partial charge >= 0.3 is 0 Å². The fourth-order valence-electron chi connectivity index (χ4n) is 5.52. The van der Waals surface area contributed by atoms with Crippen molar-refractivity contribution in [2.24, 2.45) is 0 Å². The standard InChI is InChI=1S/C29H35N5O2/c1-30-24-11-7-21(8-12-24)19-31-27(35)25-13-14-26-29(15-4-16-29)33(17-18-34(25)26)20-22-5-9-23(10-6-22)28(36)32(2)3/h5-14,30H,4,15-20H2,1-3H3,(H,31,35). The van der Waals surface area contributed by atoms with E-state index < -0.39 is 0 Å². The number of carbonyl (C=O) groups excluding carboxylic acids is 2. The summed E-state index contributed by atoms with van der Waals surface area (Å²) in [5.41, 5.74) is 6.03. The number of hydrogen-bond acceptors (Lipinski definition) is 4. The molecule has 1 aliphatic carbocycles. The SMILES string of the molecule is CNc1ccc(CNC(=O)c2ccc3n2CCN(Cc2ccc(C(=O)N(C)C)cc2)C32CCC2)cc1. The molecule has 36 heavy (non-hydrogen) atoms. The molecule has 1 spiro atoms. The van der Waals surface area contributed by atoms with Crippen molar-refractivity contribution in [1.82, 2.24) is 19.7 Å². The van der Waals surface area contributed by atoms with E-state index in [9.17, 15) is 9.59 Å². The van der Waals surface area contributed by atoms with Gasteiger partial charge in [0.25, 0.3) is 11.8 Å². The van der Waals surface area contributed by atoms with Gasteiger partial charge in [0.2, 0.25) is 0 Å². The van der Waals surface area contributed by atoms with Gasteiger partial charge in [0.1, 0.15) is 5.69 Å². The Morgan fingerprint density at radius 1 is 0.917 bits per heavy atom. The van der Waals surface area contributed by atoms with Crippen LogP contribution in [0.1, 0.15) is 56.9 Å². The van der Waals surface area contributed by atoms with Gasteiger partial charge in [0, 0.05) is 64.3 Å². The Hall–Kier alpha value is -3.58. The molecule has 1 aliphatic heterocycles. The third kappa shape index (κ3) is 4.39. The maximum atomic E-state index is 13.1. The van der Waals surface area contributed by atoms with Gasteiger partial charge in [-0.05, 0) is 66.8 Å². The lowest BCUT2D eigenvalue weighted by Crippen LogP contribution is -2.56. The van der Waals surface area contributed by atoms with E-state index in [0.717, 1.165) is 49.4 Å². The number of nitrogens with one attached hydrogen (secondary N) is 2. The minimum absolute atomic E-state index is 0.0160. The zero-order valence-corrected chi connectivity index (χ0v) is 21.4. The molecule has 5 rings (SSSR count). The van der Waals surface area contributed by atoms with Crippen LogP contribution in [0.5, 0.6) is 0 Å². The first-order valence-electron chi connectivity index (χ1n) is 12.7. The highest BCUT2D eigenvalue weighted by Crippen LogP contribution is 2.49. The summed E-state index contributed by atoms with van der Waals surface area (Å²) in [5.74, 6) is -0.00313. The quantitative estimate of drug-likeness (QED) is 0.530. The van der Waals surface area contributed by atoms with Crippen molar-refractivity contribution in [3.8, 4) is 0 Å². The highest BCUT2D eigenvalue weighted by atomic mass is 16.2. The summed E-state index contributed by atoms with van der Waals surface area (Å²) >= 11 is 0. The molecule has 0 atom stereocenters. The zero-order chi connectivity index (χ0) is 25.3. The van der Waals surface area contributed by atoms with Crippen molar-refractivity contribution in [2.75, 3.05) is 33.0 Å². The van der Waals surface area contributed by atoms with Crippen molar-refractivity contribution >= 4 is 17.5 Å². The zero-order valence-electron chi connectivity index (χ0n) is 21.4. The third-order valence-corrected chi connectivity index (χ3v) is 7.75. The Bertz CT molecular complexity index is 1240. The number of carbonyl (C=O) groups is 2. The van der Waals surface area contributed by atoms with E-state index in [1.165, 1.54) is 17.7 Å². The Morgan fingerprint density at radius 2 is 1.61 bits per heavy atom. The van der Waals surface area contributed by atoms with E-state index in [4.69, 9.17) is 0 Å².